The number of benzene rings is 2. The Hall–Kier alpha value is -2.94. The summed E-state index contributed by atoms with van der Waals surface area (Å²) in [6.45, 7) is 0.253. The van der Waals surface area contributed by atoms with Crippen molar-refractivity contribution in [1.29, 1.82) is 0 Å². The quantitative estimate of drug-likeness (QED) is 0.528. The molecule has 0 aliphatic heterocycles. The minimum atomic E-state index is -3.71. The number of pyridine rings is 1. The van der Waals surface area contributed by atoms with Gasteiger partial charge in [0.1, 0.15) is 0 Å². The van der Waals surface area contributed by atoms with Crippen molar-refractivity contribution in [2.75, 3.05) is 5.32 Å². The number of carbonyl (C=O) groups excluding carboxylic acids is 1. The fourth-order valence-electron chi connectivity index (χ4n) is 3.88. The van der Waals surface area contributed by atoms with E-state index in [4.69, 9.17) is 11.6 Å². The molecule has 0 spiro atoms. The van der Waals surface area contributed by atoms with E-state index in [1.165, 1.54) is 41.1 Å². The van der Waals surface area contributed by atoms with Crippen LogP contribution in [0, 0.1) is 0 Å². The molecule has 9 heteroatoms. The third-order valence-electron chi connectivity index (χ3n) is 5.62. The molecule has 2 N–H and O–H groups in total. The standard InChI is InChI=1S/C24H24ClN3O4S/c25-22-11-4-1-6-18(22)15-28-16-20(12-13-23(28)29)26-24(30)17-7-5-10-21(14-17)33(31,32)27-19-8-2-3-9-19/h1,4-7,10-14,16,19,27H,2-3,8-9,15H2,(H,26,30). The Kier molecular flexibility index (Phi) is 6.97. The van der Waals surface area contributed by atoms with Gasteiger partial charge in [0.15, 0.2) is 0 Å². The van der Waals surface area contributed by atoms with Gasteiger partial charge in [0.25, 0.3) is 11.5 Å². The average molecular weight is 486 g/mol. The van der Waals surface area contributed by atoms with Crippen LogP contribution in [0.4, 0.5) is 5.69 Å². The molecule has 1 aromatic heterocycles. The second-order valence-corrected chi connectivity index (χ2v) is 10.2. The number of anilines is 1. The van der Waals surface area contributed by atoms with Gasteiger partial charge in [-0.15, -0.1) is 0 Å². The normalized spacial score (nSPS) is 14.3. The highest BCUT2D eigenvalue weighted by atomic mass is 35.5. The molecule has 1 amide bonds. The lowest BCUT2D eigenvalue weighted by atomic mass is 10.2. The van der Waals surface area contributed by atoms with Crippen LogP contribution in [0.15, 0.2) is 76.6 Å². The zero-order valence-electron chi connectivity index (χ0n) is 17.8. The van der Waals surface area contributed by atoms with Gasteiger partial charge in [-0.25, -0.2) is 13.1 Å². The summed E-state index contributed by atoms with van der Waals surface area (Å²) < 4.78 is 29.6. The fraction of sp³-hybridized carbons (Fsp3) is 0.250. The van der Waals surface area contributed by atoms with E-state index in [1.54, 1.807) is 12.1 Å². The van der Waals surface area contributed by atoms with Gasteiger partial charge in [-0.2, -0.15) is 0 Å². The lowest BCUT2D eigenvalue weighted by Gasteiger charge is -2.13. The van der Waals surface area contributed by atoms with E-state index in [-0.39, 0.29) is 28.6 Å². The van der Waals surface area contributed by atoms with E-state index < -0.39 is 15.9 Å². The van der Waals surface area contributed by atoms with Gasteiger partial charge in [0.2, 0.25) is 10.0 Å². The summed E-state index contributed by atoms with van der Waals surface area (Å²) in [5, 5.41) is 3.28. The lowest BCUT2D eigenvalue weighted by Crippen LogP contribution is -2.32. The fourth-order valence-corrected chi connectivity index (χ4v) is 5.42. The molecule has 1 heterocycles. The highest BCUT2D eigenvalue weighted by molar-refractivity contribution is 7.89. The SMILES string of the molecule is O=C(Nc1ccc(=O)n(Cc2ccccc2Cl)c1)c1cccc(S(=O)(=O)NC2CCCC2)c1. The summed E-state index contributed by atoms with van der Waals surface area (Å²) >= 11 is 6.20. The maximum absolute atomic E-state index is 12.8. The van der Waals surface area contributed by atoms with Gasteiger partial charge in [0.05, 0.1) is 17.1 Å². The highest BCUT2D eigenvalue weighted by Crippen LogP contribution is 2.21. The van der Waals surface area contributed by atoms with Crippen molar-refractivity contribution < 1.29 is 13.2 Å². The Morgan fingerprint density at radius 3 is 2.55 bits per heavy atom. The summed E-state index contributed by atoms with van der Waals surface area (Å²) in [5.41, 5.74) is 1.15. The second-order valence-electron chi connectivity index (χ2n) is 8.06. The van der Waals surface area contributed by atoms with E-state index in [0.717, 1.165) is 31.2 Å². The van der Waals surface area contributed by atoms with Crippen LogP contribution in [0.2, 0.25) is 5.02 Å². The molecule has 0 saturated heterocycles. The number of amides is 1. The van der Waals surface area contributed by atoms with Crippen molar-refractivity contribution in [3.05, 3.63) is 93.4 Å². The summed E-state index contributed by atoms with van der Waals surface area (Å²) in [4.78, 5) is 25.1. The number of carbonyl (C=O) groups is 1. The summed E-state index contributed by atoms with van der Waals surface area (Å²) in [6, 6.07) is 15.9. The van der Waals surface area contributed by atoms with Gasteiger partial charge < -0.3 is 9.88 Å². The van der Waals surface area contributed by atoms with Crippen molar-refractivity contribution in [1.82, 2.24) is 9.29 Å². The van der Waals surface area contributed by atoms with E-state index in [2.05, 4.69) is 10.0 Å². The smallest absolute Gasteiger partial charge is 0.255 e. The molecule has 1 aliphatic rings. The number of aromatic nitrogens is 1. The van der Waals surface area contributed by atoms with Crippen LogP contribution < -0.4 is 15.6 Å². The maximum Gasteiger partial charge on any atom is 0.255 e. The highest BCUT2D eigenvalue weighted by Gasteiger charge is 2.23. The van der Waals surface area contributed by atoms with Crippen LogP contribution in [0.1, 0.15) is 41.6 Å². The Morgan fingerprint density at radius 1 is 1.03 bits per heavy atom. The van der Waals surface area contributed by atoms with Crippen molar-refractivity contribution in [3.63, 3.8) is 0 Å². The molecule has 1 aliphatic carbocycles. The molecule has 7 nitrogen and oxygen atoms in total. The summed E-state index contributed by atoms with van der Waals surface area (Å²) in [5.74, 6) is -0.476. The number of halogens is 1. The molecular weight excluding hydrogens is 462 g/mol. The first-order valence-corrected chi connectivity index (χ1v) is 12.6. The van der Waals surface area contributed by atoms with E-state index in [1.807, 2.05) is 18.2 Å². The van der Waals surface area contributed by atoms with Crippen LogP contribution in [-0.2, 0) is 16.6 Å². The molecule has 0 atom stereocenters. The largest absolute Gasteiger partial charge is 0.321 e. The first kappa shape index (κ1) is 23.2. The molecule has 1 fully saturated rings. The number of sulfonamides is 1. The van der Waals surface area contributed by atoms with Crippen molar-refractivity contribution >= 4 is 33.2 Å². The Labute approximate surface area is 197 Å². The van der Waals surface area contributed by atoms with Crippen LogP contribution in [0.3, 0.4) is 0 Å². The third-order valence-corrected chi connectivity index (χ3v) is 7.51. The van der Waals surface area contributed by atoms with Gasteiger partial charge in [-0.3, -0.25) is 9.59 Å². The van der Waals surface area contributed by atoms with Crippen LogP contribution in [0.5, 0.6) is 0 Å². The zero-order chi connectivity index (χ0) is 23.4. The number of hydrogen-bond donors (Lipinski definition) is 2. The van der Waals surface area contributed by atoms with Crippen LogP contribution >= 0.6 is 11.6 Å². The molecule has 3 aromatic rings. The minimum Gasteiger partial charge on any atom is -0.321 e. The molecule has 0 radical (unpaired) electrons. The number of hydrogen-bond acceptors (Lipinski definition) is 4. The Bertz CT molecular complexity index is 1330. The number of nitrogens with one attached hydrogen (secondary N) is 2. The predicted molar refractivity (Wildman–Crippen MR) is 128 cm³/mol. The summed E-state index contributed by atoms with van der Waals surface area (Å²) in [6.07, 6.45) is 5.20. The van der Waals surface area contributed by atoms with E-state index >= 15 is 0 Å². The molecule has 0 bridgehead atoms. The molecule has 33 heavy (non-hydrogen) atoms. The predicted octanol–water partition coefficient (Wildman–Crippen LogP) is 4.02. The molecule has 0 unspecified atom stereocenters. The van der Waals surface area contributed by atoms with Gasteiger partial charge in [0, 0.05) is 28.9 Å². The maximum atomic E-state index is 12.8. The summed E-state index contributed by atoms with van der Waals surface area (Å²) in [7, 11) is -3.71. The van der Waals surface area contributed by atoms with E-state index in [9.17, 15) is 18.0 Å². The van der Waals surface area contributed by atoms with Crippen molar-refractivity contribution in [3.8, 4) is 0 Å². The van der Waals surface area contributed by atoms with Crippen molar-refractivity contribution in [2.45, 2.75) is 43.2 Å². The van der Waals surface area contributed by atoms with Crippen LogP contribution in [0.25, 0.3) is 0 Å². The first-order chi connectivity index (χ1) is 15.8. The second kappa shape index (κ2) is 9.91. The minimum absolute atomic E-state index is 0.0470. The topological polar surface area (TPSA) is 97.3 Å². The Balaban J connectivity index is 1.51. The van der Waals surface area contributed by atoms with Crippen LogP contribution in [-0.4, -0.2) is 24.9 Å². The Morgan fingerprint density at radius 2 is 1.79 bits per heavy atom. The monoisotopic (exact) mass is 485 g/mol. The molecule has 2 aromatic carbocycles. The number of nitrogens with zero attached hydrogens (tertiary/aromatic N) is 1. The van der Waals surface area contributed by atoms with E-state index in [0.29, 0.717) is 10.7 Å². The third kappa shape index (κ3) is 5.71. The first-order valence-electron chi connectivity index (χ1n) is 10.7. The molecule has 172 valence electrons. The zero-order valence-corrected chi connectivity index (χ0v) is 19.4. The van der Waals surface area contributed by atoms with Crippen molar-refractivity contribution in [2.24, 2.45) is 0 Å². The molecule has 1 saturated carbocycles. The molecule has 4 rings (SSSR count). The van der Waals surface area contributed by atoms with Gasteiger partial charge >= 0.3 is 0 Å². The lowest BCUT2D eigenvalue weighted by molar-refractivity contribution is 0.102. The molecular formula is C24H24ClN3O4S. The van der Waals surface area contributed by atoms with Gasteiger partial charge in [-0.05, 0) is 48.7 Å². The average Bonchev–Trinajstić information content (AvgIpc) is 3.30. The van der Waals surface area contributed by atoms with Gasteiger partial charge in [-0.1, -0.05) is 48.7 Å². The number of rotatable bonds is 7.